The minimum atomic E-state index is -0.0649. The van der Waals surface area contributed by atoms with E-state index in [0.29, 0.717) is 17.9 Å². The zero-order valence-corrected chi connectivity index (χ0v) is 13.7. The van der Waals surface area contributed by atoms with E-state index in [1.165, 1.54) is 24.8 Å². The average molecular weight is 288 g/mol. The average Bonchev–Trinajstić information content (AvgIpc) is 2.43. The first kappa shape index (κ1) is 15.9. The van der Waals surface area contributed by atoms with Crippen LogP contribution in [-0.2, 0) is 0 Å². The van der Waals surface area contributed by atoms with Crippen LogP contribution in [0.3, 0.4) is 0 Å². The van der Waals surface area contributed by atoms with Crippen LogP contribution in [0.15, 0.2) is 18.2 Å². The van der Waals surface area contributed by atoms with Gasteiger partial charge in [-0.15, -0.1) is 0 Å². The summed E-state index contributed by atoms with van der Waals surface area (Å²) in [5.74, 6) is 0.972. The summed E-state index contributed by atoms with van der Waals surface area (Å²) in [6.07, 6.45) is 4.82. The predicted molar refractivity (Wildman–Crippen MR) is 88.8 cm³/mol. The molecule has 0 heterocycles. The monoisotopic (exact) mass is 288 g/mol. The van der Waals surface area contributed by atoms with Gasteiger partial charge in [0.2, 0.25) is 0 Å². The highest BCUT2D eigenvalue weighted by atomic mass is 16.2. The number of para-hydroxylation sites is 1. The number of carbonyl (C=O) groups excluding carboxylic acids is 1. The second-order valence-corrected chi connectivity index (χ2v) is 6.66. The molecule has 116 valence electrons. The van der Waals surface area contributed by atoms with Crippen molar-refractivity contribution in [3.8, 4) is 0 Å². The van der Waals surface area contributed by atoms with Crippen LogP contribution in [-0.4, -0.2) is 12.1 Å². The molecule has 2 rings (SSSR count). The van der Waals surface area contributed by atoms with Gasteiger partial charge in [0, 0.05) is 11.7 Å². The number of benzene rings is 1. The molecule has 1 fully saturated rings. The van der Waals surface area contributed by atoms with Gasteiger partial charge in [-0.3, -0.25) is 0 Å². The minimum absolute atomic E-state index is 0.0649. The normalized spacial score (nSPS) is 22.1. The van der Waals surface area contributed by atoms with E-state index in [9.17, 15) is 4.79 Å². The first-order valence-electron chi connectivity index (χ1n) is 8.16. The lowest BCUT2D eigenvalue weighted by Crippen LogP contribution is -2.43. The molecule has 3 heteroatoms. The van der Waals surface area contributed by atoms with E-state index in [4.69, 9.17) is 0 Å². The van der Waals surface area contributed by atoms with Crippen LogP contribution in [0.25, 0.3) is 0 Å². The SMILES string of the molecule is Cc1cccc(C(C)C)c1NC(=O)N[C@H]1CCCC[C@H]1C. The maximum atomic E-state index is 12.3. The van der Waals surface area contributed by atoms with Gasteiger partial charge in [-0.05, 0) is 42.7 Å². The Morgan fingerprint density at radius 1 is 1.24 bits per heavy atom. The van der Waals surface area contributed by atoms with Gasteiger partial charge in [0.05, 0.1) is 0 Å². The highest BCUT2D eigenvalue weighted by molar-refractivity contribution is 5.91. The second kappa shape index (κ2) is 6.97. The first-order valence-corrected chi connectivity index (χ1v) is 8.16. The van der Waals surface area contributed by atoms with Gasteiger partial charge in [-0.25, -0.2) is 4.79 Å². The fourth-order valence-corrected chi connectivity index (χ4v) is 3.19. The number of hydrogen-bond acceptors (Lipinski definition) is 1. The number of aryl methyl sites for hydroxylation is 1. The Labute approximate surface area is 128 Å². The topological polar surface area (TPSA) is 41.1 Å². The highest BCUT2D eigenvalue weighted by Crippen LogP contribution is 2.28. The summed E-state index contributed by atoms with van der Waals surface area (Å²) in [6.45, 7) is 8.59. The third-order valence-corrected chi connectivity index (χ3v) is 4.59. The molecule has 1 aromatic rings. The second-order valence-electron chi connectivity index (χ2n) is 6.66. The number of rotatable bonds is 3. The molecule has 0 aromatic heterocycles. The molecule has 21 heavy (non-hydrogen) atoms. The molecular formula is C18H28N2O. The molecule has 0 unspecified atom stereocenters. The molecule has 0 spiro atoms. The molecule has 3 nitrogen and oxygen atoms in total. The van der Waals surface area contributed by atoms with Gasteiger partial charge in [-0.2, -0.15) is 0 Å². The summed E-state index contributed by atoms with van der Waals surface area (Å²) in [7, 11) is 0. The van der Waals surface area contributed by atoms with Crippen molar-refractivity contribution in [2.24, 2.45) is 5.92 Å². The molecule has 0 aliphatic heterocycles. The molecular weight excluding hydrogens is 260 g/mol. The van der Waals surface area contributed by atoms with Crippen molar-refractivity contribution in [3.63, 3.8) is 0 Å². The van der Waals surface area contributed by atoms with Crippen LogP contribution in [0.5, 0.6) is 0 Å². The summed E-state index contributed by atoms with van der Waals surface area (Å²) in [6, 6.07) is 6.44. The minimum Gasteiger partial charge on any atom is -0.335 e. The van der Waals surface area contributed by atoms with Gasteiger partial charge in [0.15, 0.2) is 0 Å². The lowest BCUT2D eigenvalue weighted by Gasteiger charge is -2.29. The molecule has 2 N–H and O–H groups in total. The van der Waals surface area contributed by atoms with Crippen molar-refractivity contribution in [1.82, 2.24) is 5.32 Å². The van der Waals surface area contributed by atoms with Crippen LogP contribution < -0.4 is 10.6 Å². The Kier molecular flexibility index (Phi) is 5.27. The van der Waals surface area contributed by atoms with Gasteiger partial charge in [0.25, 0.3) is 0 Å². The third-order valence-electron chi connectivity index (χ3n) is 4.59. The fraction of sp³-hybridized carbons (Fsp3) is 0.611. The lowest BCUT2D eigenvalue weighted by molar-refractivity contribution is 0.232. The van der Waals surface area contributed by atoms with Gasteiger partial charge < -0.3 is 10.6 Å². The van der Waals surface area contributed by atoms with Crippen LogP contribution in [0.2, 0.25) is 0 Å². The van der Waals surface area contributed by atoms with Crippen molar-refractivity contribution >= 4 is 11.7 Å². The van der Waals surface area contributed by atoms with E-state index in [2.05, 4.69) is 43.5 Å². The largest absolute Gasteiger partial charge is 0.335 e. The summed E-state index contributed by atoms with van der Waals surface area (Å²) >= 11 is 0. The summed E-state index contributed by atoms with van der Waals surface area (Å²) in [4.78, 5) is 12.3. The van der Waals surface area contributed by atoms with Gasteiger partial charge in [0.1, 0.15) is 0 Å². The summed E-state index contributed by atoms with van der Waals surface area (Å²) in [5, 5.41) is 6.24. The van der Waals surface area contributed by atoms with E-state index < -0.39 is 0 Å². The third kappa shape index (κ3) is 3.99. The highest BCUT2D eigenvalue weighted by Gasteiger charge is 2.23. The fourth-order valence-electron chi connectivity index (χ4n) is 3.19. The summed E-state index contributed by atoms with van der Waals surface area (Å²) < 4.78 is 0. The molecule has 0 bridgehead atoms. The van der Waals surface area contributed by atoms with E-state index >= 15 is 0 Å². The molecule has 1 aliphatic carbocycles. The van der Waals surface area contributed by atoms with E-state index in [1.54, 1.807) is 0 Å². The van der Waals surface area contributed by atoms with Crippen LogP contribution in [0, 0.1) is 12.8 Å². The molecule has 0 saturated heterocycles. The van der Waals surface area contributed by atoms with Crippen molar-refractivity contribution < 1.29 is 4.79 Å². The van der Waals surface area contributed by atoms with Crippen molar-refractivity contribution in [3.05, 3.63) is 29.3 Å². The van der Waals surface area contributed by atoms with Crippen LogP contribution in [0.1, 0.15) is 63.5 Å². The Balaban J connectivity index is 2.06. The first-order chi connectivity index (χ1) is 9.99. The molecule has 1 aromatic carbocycles. The number of nitrogens with one attached hydrogen (secondary N) is 2. The number of urea groups is 1. The standard InChI is InChI=1S/C18H28N2O/c1-12(2)15-10-7-9-14(4)17(15)20-18(21)19-16-11-6-5-8-13(16)3/h7,9-10,12-13,16H,5-6,8,11H2,1-4H3,(H2,19,20,21)/t13-,16+/m1/s1. The van der Waals surface area contributed by atoms with E-state index in [-0.39, 0.29) is 6.03 Å². The maximum absolute atomic E-state index is 12.3. The Morgan fingerprint density at radius 3 is 2.62 bits per heavy atom. The van der Waals surface area contributed by atoms with Crippen LogP contribution >= 0.6 is 0 Å². The summed E-state index contributed by atoms with van der Waals surface area (Å²) in [5.41, 5.74) is 3.28. The quantitative estimate of drug-likeness (QED) is 0.822. The van der Waals surface area contributed by atoms with Gasteiger partial charge in [-0.1, -0.05) is 51.8 Å². The number of amides is 2. The molecule has 0 radical (unpaired) electrons. The number of carbonyl (C=O) groups is 1. The van der Waals surface area contributed by atoms with Crippen molar-refractivity contribution in [2.75, 3.05) is 5.32 Å². The lowest BCUT2D eigenvalue weighted by atomic mass is 9.86. The molecule has 2 amide bonds. The maximum Gasteiger partial charge on any atom is 0.319 e. The van der Waals surface area contributed by atoms with Crippen molar-refractivity contribution in [2.45, 2.75) is 65.3 Å². The number of anilines is 1. The molecule has 1 saturated carbocycles. The Morgan fingerprint density at radius 2 is 1.95 bits per heavy atom. The van der Waals surface area contributed by atoms with E-state index in [1.807, 2.05) is 13.0 Å². The van der Waals surface area contributed by atoms with E-state index in [0.717, 1.165) is 17.7 Å². The Hall–Kier alpha value is -1.51. The van der Waals surface area contributed by atoms with Crippen molar-refractivity contribution in [1.29, 1.82) is 0 Å². The molecule has 1 aliphatic rings. The zero-order valence-electron chi connectivity index (χ0n) is 13.7. The zero-order chi connectivity index (χ0) is 15.4. The smallest absolute Gasteiger partial charge is 0.319 e. The van der Waals surface area contributed by atoms with Crippen LogP contribution in [0.4, 0.5) is 10.5 Å². The van der Waals surface area contributed by atoms with Gasteiger partial charge >= 0.3 is 6.03 Å². The Bertz CT molecular complexity index is 496. The molecule has 2 atom stereocenters. The number of hydrogen-bond donors (Lipinski definition) is 2. The predicted octanol–water partition coefficient (Wildman–Crippen LogP) is 4.82.